The van der Waals surface area contributed by atoms with Crippen molar-refractivity contribution in [2.45, 2.75) is 65.4 Å². The van der Waals surface area contributed by atoms with Crippen LogP contribution < -0.4 is 0 Å². The molecule has 0 spiro atoms. The van der Waals surface area contributed by atoms with E-state index in [-0.39, 0.29) is 11.9 Å². The van der Waals surface area contributed by atoms with Crippen LogP contribution in [0.3, 0.4) is 0 Å². The number of carbonyl (C=O) groups excluding carboxylic acids is 1. The van der Waals surface area contributed by atoms with E-state index in [1.807, 2.05) is 6.92 Å². The van der Waals surface area contributed by atoms with Crippen LogP contribution in [-0.2, 0) is 14.3 Å². The summed E-state index contributed by atoms with van der Waals surface area (Å²) < 4.78 is 11.0. The van der Waals surface area contributed by atoms with Crippen molar-refractivity contribution in [2.75, 3.05) is 19.8 Å². The van der Waals surface area contributed by atoms with Gasteiger partial charge in [-0.3, -0.25) is 4.79 Å². The zero-order valence-electron chi connectivity index (χ0n) is 11.7. The van der Waals surface area contributed by atoms with Gasteiger partial charge < -0.3 is 9.47 Å². The number of Topliss-reactive ketones (excluding diaryl/α,β-unsaturated/α-hetero) is 1. The van der Waals surface area contributed by atoms with E-state index in [1.165, 1.54) is 19.3 Å². The number of hydrogen-bond donors (Lipinski definition) is 0. The van der Waals surface area contributed by atoms with Crippen LogP contribution in [0.15, 0.2) is 0 Å². The van der Waals surface area contributed by atoms with Crippen LogP contribution in [0.5, 0.6) is 0 Å². The Morgan fingerprint density at radius 1 is 1.12 bits per heavy atom. The highest BCUT2D eigenvalue weighted by Gasteiger charge is 2.02. The van der Waals surface area contributed by atoms with E-state index in [0.29, 0.717) is 13.0 Å². The molecule has 0 amide bonds. The molecule has 0 rings (SSSR count). The second-order valence-corrected chi connectivity index (χ2v) is 4.60. The van der Waals surface area contributed by atoms with Gasteiger partial charge in [0, 0.05) is 19.6 Å². The molecule has 3 heteroatoms. The Balaban J connectivity index is 3.16. The first-order valence-electron chi connectivity index (χ1n) is 6.85. The molecule has 0 fully saturated rings. The van der Waals surface area contributed by atoms with Crippen molar-refractivity contribution in [2.24, 2.45) is 0 Å². The van der Waals surface area contributed by atoms with Crippen LogP contribution in [0, 0.1) is 0 Å². The van der Waals surface area contributed by atoms with Gasteiger partial charge in [-0.2, -0.15) is 0 Å². The highest BCUT2D eigenvalue weighted by Crippen LogP contribution is 2.02. The summed E-state index contributed by atoms with van der Waals surface area (Å²) in [7, 11) is 0. The SMILES string of the molecule is CCCCCCOCC[C@H](C)OCCC(C)=O. The van der Waals surface area contributed by atoms with Gasteiger partial charge >= 0.3 is 0 Å². The molecular weight excluding hydrogens is 216 g/mol. The molecule has 0 N–H and O–H groups in total. The lowest BCUT2D eigenvalue weighted by atomic mass is 10.2. The molecule has 3 nitrogen and oxygen atoms in total. The monoisotopic (exact) mass is 244 g/mol. The Bertz CT molecular complexity index is 180. The van der Waals surface area contributed by atoms with Crippen LogP contribution in [0.25, 0.3) is 0 Å². The number of ether oxygens (including phenoxy) is 2. The molecule has 0 aromatic rings. The van der Waals surface area contributed by atoms with Gasteiger partial charge in [-0.25, -0.2) is 0 Å². The third-order valence-electron chi connectivity index (χ3n) is 2.67. The fourth-order valence-corrected chi connectivity index (χ4v) is 1.47. The summed E-state index contributed by atoms with van der Waals surface area (Å²) in [5.41, 5.74) is 0. The molecule has 0 radical (unpaired) electrons. The number of unbranched alkanes of at least 4 members (excludes halogenated alkanes) is 3. The third-order valence-corrected chi connectivity index (χ3v) is 2.67. The molecule has 1 atom stereocenters. The average Bonchev–Trinajstić information content (AvgIpc) is 2.27. The van der Waals surface area contributed by atoms with Gasteiger partial charge in [0.15, 0.2) is 0 Å². The van der Waals surface area contributed by atoms with Crippen molar-refractivity contribution in [1.29, 1.82) is 0 Å². The Labute approximate surface area is 106 Å². The Morgan fingerprint density at radius 3 is 2.53 bits per heavy atom. The van der Waals surface area contributed by atoms with Crippen LogP contribution in [-0.4, -0.2) is 31.7 Å². The summed E-state index contributed by atoms with van der Waals surface area (Å²) in [6.45, 7) is 7.98. The van der Waals surface area contributed by atoms with Crippen molar-refractivity contribution < 1.29 is 14.3 Å². The van der Waals surface area contributed by atoms with Gasteiger partial charge in [-0.05, 0) is 26.7 Å². The molecule has 0 bridgehead atoms. The first-order valence-corrected chi connectivity index (χ1v) is 6.85. The molecule has 0 aliphatic carbocycles. The summed E-state index contributed by atoms with van der Waals surface area (Å²) in [4.78, 5) is 10.7. The highest BCUT2D eigenvalue weighted by molar-refractivity contribution is 5.75. The van der Waals surface area contributed by atoms with E-state index < -0.39 is 0 Å². The van der Waals surface area contributed by atoms with Crippen molar-refractivity contribution in [3.05, 3.63) is 0 Å². The number of ketones is 1. The first kappa shape index (κ1) is 16.6. The van der Waals surface area contributed by atoms with Gasteiger partial charge in [0.1, 0.15) is 5.78 Å². The van der Waals surface area contributed by atoms with Gasteiger partial charge in [-0.1, -0.05) is 26.2 Å². The lowest BCUT2D eigenvalue weighted by Crippen LogP contribution is -2.14. The maximum atomic E-state index is 10.7. The molecule has 102 valence electrons. The number of rotatable bonds is 12. The zero-order valence-corrected chi connectivity index (χ0v) is 11.7. The van der Waals surface area contributed by atoms with Crippen molar-refractivity contribution in [3.63, 3.8) is 0 Å². The Hall–Kier alpha value is -0.410. The number of carbonyl (C=O) groups is 1. The van der Waals surface area contributed by atoms with E-state index in [0.717, 1.165) is 26.1 Å². The standard InChI is InChI=1S/C14H28O3/c1-4-5-6-7-10-16-11-9-14(3)17-12-8-13(2)15/h14H,4-12H2,1-3H3/t14-/m0/s1. The predicted octanol–water partition coefficient (Wildman–Crippen LogP) is 3.36. The van der Waals surface area contributed by atoms with Crippen molar-refractivity contribution in [3.8, 4) is 0 Å². The van der Waals surface area contributed by atoms with E-state index in [9.17, 15) is 4.79 Å². The predicted molar refractivity (Wildman–Crippen MR) is 70.3 cm³/mol. The lowest BCUT2D eigenvalue weighted by molar-refractivity contribution is -0.118. The van der Waals surface area contributed by atoms with Crippen molar-refractivity contribution in [1.82, 2.24) is 0 Å². The molecular formula is C14H28O3. The highest BCUT2D eigenvalue weighted by atomic mass is 16.5. The maximum absolute atomic E-state index is 10.7. The number of hydrogen-bond acceptors (Lipinski definition) is 3. The second-order valence-electron chi connectivity index (χ2n) is 4.60. The summed E-state index contributed by atoms with van der Waals surface area (Å²) in [6.07, 6.45) is 6.60. The third kappa shape index (κ3) is 13.5. The normalized spacial score (nSPS) is 12.6. The second kappa shape index (κ2) is 12.1. The molecule has 0 aliphatic rings. The average molecular weight is 244 g/mol. The zero-order chi connectivity index (χ0) is 12.9. The molecule has 0 aromatic heterocycles. The molecule has 0 saturated heterocycles. The largest absolute Gasteiger partial charge is 0.381 e. The smallest absolute Gasteiger partial charge is 0.132 e. The van der Waals surface area contributed by atoms with E-state index in [1.54, 1.807) is 6.92 Å². The minimum Gasteiger partial charge on any atom is -0.381 e. The molecule has 0 aliphatic heterocycles. The molecule has 0 saturated carbocycles. The van der Waals surface area contributed by atoms with E-state index in [2.05, 4.69) is 6.92 Å². The minimum absolute atomic E-state index is 0.185. The van der Waals surface area contributed by atoms with E-state index >= 15 is 0 Å². The molecule has 0 unspecified atom stereocenters. The first-order chi connectivity index (χ1) is 8.16. The van der Waals surface area contributed by atoms with Crippen LogP contribution in [0.4, 0.5) is 0 Å². The van der Waals surface area contributed by atoms with Gasteiger partial charge in [0.2, 0.25) is 0 Å². The summed E-state index contributed by atoms with van der Waals surface area (Å²) in [6, 6.07) is 0. The van der Waals surface area contributed by atoms with Crippen LogP contribution in [0.1, 0.15) is 59.3 Å². The lowest BCUT2D eigenvalue weighted by Gasteiger charge is -2.12. The van der Waals surface area contributed by atoms with Crippen LogP contribution >= 0.6 is 0 Å². The Morgan fingerprint density at radius 2 is 1.88 bits per heavy atom. The maximum Gasteiger partial charge on any atom is 0.132 e. The Kier molecular flexibility index (Phi) is 11.8. The summed E-state index contributed by atoms with van der Waals surface area (Å²) in [5.74, 6) is 0.185. The van der Waals surface area contributed by atoms with Crippen molar-refractivity contribution >= 4 is 5.78 Å². The fourth-order valence-electron chi connectivity index (χ4n) is 1.47. The van der Waals surface area contributed by atoms with E-state index in [4.69, 9.17) is 9.47 Å². The van der Waals surface area contributed by atoms with Crippen LogP contribution in [0.2, 0.25) is 0 Å². The van der Waals surface area contributed by atoms with Gasteiger partial charge in [-0.15, -0.1) is 0 Å². The fraction of sp³-hybridized carbons (Fsp3) is 0.929. The summed E-state index contributed by atoms with van der Waals surface area (Å²) in [5, 5.41) is 0. The quantitative estimate of drug-likeness (QED) is 0.494. The molecule has 17 heavy (non-hydrogen) atoms. The molecule has 0 aromatic carbocycles. The topological polar surface area (TPSA) is 35.5 Å². The summed E-state index contributed by atoms with van der Waals surface area (Å²) >= 11 is 0. The van der Waals surface area contributed by atoms with Gasteiger partial charge in [0.05, 0.1) is 12.7 Å². The minimum atomic E-state index is 0.185. The molecule has 0 heterocycles. The van der Waals surface area contributed by atoms with Gasteiger partial charge in [0.25, 0.3) is 0 Å².